The fourth-order valence-electron chi connectivity index (χ4n) is 2.45. The third kappa shape index (κ3) is 10.6. The van der Waals surface area contributed by atoms with Crippen LogP contribution in [0.3, 0.4) is 0 Å². The number of carbonyl (C=O) groups excluding carboxylic acids is 4. The molecule has 0 amide bonds. The van der Waals surface area contributed by atoms with Gasteiger partial charge in [-0.05, 0) is 43.9 Å². The van der Waals surface area contributed by atoms with E-state index in [1.165, 1.54) is 12.1 Å². The third-order valence-electron chi connectivity index (χ3n) is 5.11. The molecular weight excluding hydrogens is 470 g/mol. The first-order valence-corrected chi connectivity index (χ1v) is 12.1. The Morgan fingerprint density at radius 3 is 1.86 bits per heavy atom. The van der Waals surface area contributed by atoms with Crippen LogP contribution in [0.2, 0.25) is 0 Å². The molecule has 10 heteroatoms. The van der Waals surface area contributed by atoms with E-state index in [9.17, 15) is 19.2 Å². The number of hydrogen-bond acceptors (Lipinski definition) is 10. The van der Waals surface area contributed by atoms with E-state index >= 15 is 0 Å². The number of nitrogens with two attached hydrogens (primary N) is 1. The van der Waals surface area contributed by atoms with Crippen molar-refractivity contribution in [1.29, 1.82) is 0 Å². The number of ether oxygens (including phenoxy) is 5. The molecule has 10 nitrogen and oxygen atoms in total. The van der Waals surface area contributed by atoms with E-state index in [1.54, 1.807) is 47.6 Å². The standard InChI is InChI=1S/C26H39NO9/c1-14(2)18(8)34-26(31)33-17(7)13-32-25(30)20(27)11-19-9-10-21(35-23(28)15(3)4)22(12-19)36-24(29)16(5)6/h9-10,12,14-18,20H,11,13,27H2,1-8H3/t17-,18?,20-/m0/s1. The summed E-state index contributed by atoms with van der Waals surface area (Å²) in [5.41, 5.74) is 6.55. The van der Waals surface area contributed by atoms with Crippen LogP contribution >= 0.6 is 0 Å². The van der Waals surface area contributed by atoms with Gasteiger partial charge in [0.05, 0.1) is 11.8 Å². The fourth-order valence-corrected chi connectivity index (χ4v) is 2.45. The molecule has 1 rings (SSSR count). The van der Waals surface area contributed by atoms with Crippen LogP contribution in [0.5, 0.6) is 11.5 Å². The topological polar surface area (TPSA) is 140 Å². The predicted molar refractivity (Wildman–Crippen MR) is 131 cm³/mol. The van der Waals surface area contributed by atoms with Gasteiger partial charge in [-0.25, -0.2) is 4.79 Å². The first-order chi connectivity index (χ1) is 16.7. The normalized spacial score (nSPS) is 13.7. The molecule has 2 N–H and O–H groups in total. The molecule has 0 spiro atoms. The SMILES string of the molecule is CC(C)C(=O)Oc1ccc(C[C@H](N)C(=O)OC[C@H](C)OC(=O)OC(C)C(C)C)cc1OC(=O)C(C)C. The quantitative estimate of drug-likeness (QED) is 0.327. The zero-order valence-corrected chi connectivity index (χ0v) is 22.4. The minimum atomic E-state index is -1.04. The van der Waals surface area contributed by atoms with Crippen molar-refractivity contribution in [3.05, 3.63) is 23.8 Å². The van der Waals surface area contributed by atoms with Crippen molar-refractivity contribution in [3.63, 3.8) is 0 Å². The third-order valence-corrected chi connectivity index (χ3v) is 5.11. The average molecular weight is 510 g/mol. The highest BCUT2D eigenvalue weighted by Crippen LogP contribution is 2.30. The second kappa shape index (κ2) is 14.4. The van der Waals surface area contributed by atoms with Crippen molar-refractivity contribution in [2.75, 3.05) is 6.61 Å². The molecule has 0 aliphatic heterocycles. The summed E-state index contributed by atoms with van der Waals surface area (Å²) < 4.78 is 26.1. The van der Waals surface area contributed by atoms with Gasteiger partial charge in [-0.1, -0.05) is 47.6 Å². The zero-order chi connectivity index (χ0) is 27.6. The number of rotatable bonds is 12. The van der Waals surface area contributed by atoms with Gasteiger partial charge in [0.1, 0.15) is 24.9 Å². The Bertz CT molecular complexity index is 911. The number of hydrogen-bond donors (Lipinski definition) is 1. The highest BCUT2D eigenvalue weighted by atomic mass is 16.7. The molecule has 1 aromatic rings. The zero-order valence-electron chi connectivity index (χ0n) is 22.4. The molecule has 1 unspecified atom stereocenters. The molecule has 0 bridgehead atoms. The lowest BCUT2D eigenvalue weighted by atomic mass is 10.1. The van der Waals surface area contributed by atoms with Crippen LogP contribution in [0.1, 0.15) is 61.0 Å². The lowest BCUT2D eigenvalue weighted by molar-refractivity contribution is -0.148. The molecule has 0 radical (unpaired) electrons. The molecule has 0 saturated heterocycles. The lowest BCUT2D eigenvalue weighted by Gasteiger charge is -2.19. The first-order valence-electron chi connectivity index (χ1n) is 12.1. The molecule has 0 fully saturated rings. The predicted octanol–water partition coefficient (Wildman–Crippen LogP) is 3.81. The van der Waals surface area contributed by atoms with Crippen molar-refractivity contribution < 1.29 is 42.9 Å². The maximum Gasteiger partial charge on any atom is 0.508 e. The molecule has 1 aromatic carbocycles. The maximum absolute atomic E-state index is 12.4. The Labute approximate surface area is 212 Å². The van der Waals surface area contributed by atoms with Crippen molar-refractivity contribution in [3.8, 4) is 11.5 Å². The van der Waals surface area contributed by atoms with E-state index in [2.05, 4.69) is 0 Å². The van der Waals surface area contributed by atoms with Gasteiger partial charge < -0.3 is 29.4 Å². The van der Waals surface area contributed by atoms with Crippen LogP contribution in [-0.2, 0) is 35.0 Å². The van der Waals surface area contributed by atoms with E-state index in [0.29, 0.717) is 5.56 Å². The first kappa shape index (κ1) is 30.9. The van der Waals surface area contributed by atoms with E-state index < -0.39 is 42.1 Å². The summed E-state index contributed by atoms with van der Waals surface area (Å²) in [5, 5.41) is 0. The van der Waals surface area contributed by atoms with Gasteiger partial charge in [0.15, 0.2) is 11.5 Å². The van der Waals surface area contributed by atoms with Crippen LogP contribution in [0.4, 0.5) is 4.79 Å². The Balaban J connectivity index is 2.78. The van der Waals surface area contributed by atoms with Crippen molar-refractivity contribution in [2.45, 2.75) is 80.1 Å². The maximum atomic E-state index is 12.4. The van der Waals surface area contributed by atoms with E-state index in [0.717, 1.165) is 0 Å². The molecule has 0 heterocycles. The van der Waals surface area contributed by atoms with Gasteiger partial charge in [0, 0.05) is 0 Å². The summed E-state index contributed by atoms with van der Waals surface area (Å²) in [6, 6.07) is 3.55. The molecule has 0 aliphatic rings. The van der Waals surface area contributed by atoms with E-state index in [1.807, 2.05) is 13.8 Å². The van der Waals surface area contributed by atoms with Gasteiger partial charge in [-0.2, -0.15) is 0 Å². The minimum absolute atomic E-state index is 0.0527. The largest absolute Gasteiger partial charge is 0.508 e. The highest BCUT2D eigenvalue weighted by Gasteiger charge is 2.22. The van der Waals surface area contributed by atoms with Gasteiger partial charge >= 0.3 is 24.1 Å². The van der Waals surface area contributed by atoms with Crippen molar-refractivity contribution in [2.24, 2.45) is 23.5 Å². The Morgan fingerprint density at radius 2 is 1.33 bits per heavy atom. The van der Waals surface area contributed by atoms with E-state index in [4.69, 9.17) is 29.4 Å². The summed E-state index contributed by atoms with van der Waals surface area (Å²) in [7, 11) is 0. The van der Waals surface area contributed by atoms with Gasteiger partial charge in [0.2, 0.25) is 0 Å². The van der Waals surface area contributed by atoms with Crippen molar-refractivity contribution >= 4 is 24.1 Å². The summed E-state index contributed by atoms with van der Waals surface area (Å²) >= 11 is 0. The molecule has 36 heavy (non-hydrogen) atoms. The molecule has 0 aliphatic carbocycles. The molecule has 202 valence electrons. The minimum Gasteiger partial charge on any atom is -0.461 e. The fraction of sp³-hybridized carbons (Fsp3) is 0.615. The number of benzene rings is 1. The van der Waals surface area contributed by atoms with Gasteiger partial charge in [-0.15, -0.1) is 0 Å². The summed E-state index contributed by atoms with van der Waals surface area (Å²) in [6.45, 7) is 13.7. The Morgan fingerprint density at radius 1 is 0.778 bits per heavy atom. The second-order valence-electron chi connectivity index (χ2n) is 9.62. The van der Waals surface area contributed by atoms with E-state index in [-0.39, 0.29) is 42.5 Å². The smallest absolute Gasteiger partial charge is 0.461 e. The van der Waals surface area contributed by atoms with Crippen LogP contribution in [0.15, 0.2) is 18.2 Å². The highest BCUT2D eigenvalue weighted by molar-refractivity contribution is 5.78. The molecule has 3 atom stereocenters. The summed E-state index contributed by atoms with van der Waals surface area (Å²) in [4.78, 5) is 48.3. The lowest BCUT2D eigenvalue weighted by Crippen LogP contribution is -2.36. The number of carbonyl (C=O) groups is 4. The molecule has 0 saturated carbocycles. The Kier molecular flexibility index (Phi) is 12.4. The summed E-state index contributed by atoms with van der Waals surface area (Å²) in [5.74, 6) is -2.20. The van der Waals surface area contributed by atoms with Crippen LogP contribution < -0.4 is 15.2 Å². The van der Waals surface area contributed by atoms with Gasteiger partial charge in [-0.3, -0.25) is 14.4 Å². The second-order valence-corrected chi connectivity index (χ2v) is 9.62. The molecular formula is C26H39NO9. The summed E-state index contributed by atoms with van der Waals surface area (Å²) in [6.07, 6.45) is -1.83. The monoisotopic (exact) mass is 509 g/mol. The molecule has 0 aromatic heterocycles. The van der Waals surface area contributed by atoms with Crippen LogP contribution in [-0.4, -0.2) is 48.9 Å². The van der Waals surface area contributed by atoms with Crippen LogP contribution in [0, 0.1) is 17.8 Å². The van der Waals surface area contributed by atoms with Gasteiger partial charge in [0.25, 0.3) is 0 Å². The van der Waals surface area contributed by atoms with Crippen LogP contribution in [0.25, 0.3) is 0 Å². The average Bonchev–Trinajstić information content (AvgIpc) is 2.78. The Hall–Kier alpha value is -3.14. The number of esters is 3. The van der Waals surface area contributed by atoms with Crippen molar-refractivity contribution in [1.82, 2.24) is 0 Å².